The number of benzene rings is 2. The first kappa shape index (κ1) is 23.5. The van der Waals surface area contributed by atoms with Gasteiger partial charge in [-0.05, 0) is 62.4 Å². The Morgan fingerprint density at radius 2 is 1.79 bits per heavy atom. The number of nitrogens with one attached hydrogen (secondary N) is 1. The van der Waals surface area contributed by atoms with Gasteiger partial charge in [-0.3, -0.25) is 4.79 Å². The molecule has 2 aromatic carbocycles. The molecule has 1 saturated carbocycles. The van der Waals surface area contributed by atoms with Crippen molar-refractivity contribution in [1.82, 2.24) is 4.31 Å². The predicted octanol–water partition coefficient (Wildman–Crippen LogP) is 3.60. The van der Waals surface area contributed by atoms with E-state index in [1.165, 1.54) is 10.4 Å². The van der Waals surface area contributed by atoms with Gasteiger partial charge in [-0.15, -0.1) is 0 Å². The standard InChI is InChI=1S/C24H30N2O6S/c1-17-7-8-18(15-23(17)33(28,29)26-11-13-31-14-12-26)24(27)25-19-9-10-21(30-2)22(16-19)32-20-5-3-4-6-20/h7-10,15-16,20H,3-6,11-14H2,1-2H3,(H,25,27). The molecule has 1 aliphatic carbocycles. The topological polar surface area (TPSA) is 94.2 Å². The van der Waals surface area contributed by atoms with Crippen molar-refractivity contribution >= 4 is 21.6 Å². The van der Waals surface area contributed by atoms with Gasteiger partial charge in [0.1, 0.15) is 0 Å². The summed E-state index contributed by atoms with van der Waals surface area (Å²) in [5.41, 5.74) is 1.41. The van der Waals surface area contributed by atoms with Gasteiger partial charge in [-0.25, -0.2) is 8.42 Å². The third kappa shape index (κ3) is 5.31. The largest absolute Gasteiger partial charge is 0.493 e. The normalized spacial score (nSPS) is 17.6. The maximum Gasteiger partial charge on any atom is 0.255 e. The Balaban J connectivity index is 1.54. The molecule has 178 valence electrons. The van der Waals surface area contributed by atoms with Gasteiger partial charge in [-0.2, -0.15) is 4.31 Å². The van der Waals surface area contributed by atoms with E-state index in [0.29, 0.717) is 49.1 Å². The van der Waals surface area contributed by atoms with Gasteiger partial charge in [0.05, 0.1) is 31.3 Å². The van der Waals surface area contributed by atoms with Gasteiger partial charge in [0.15, 0.2) is 11.5 Å². The number of carbonyl (C=O) groups is 1. The van der Waals surface area contributed by atoms with Crippen molar-refractivity contribution in [3.63, 3.8) is 0 Å². The molecule has 0 bridgehead atoms. The molecule has 0 aromatic heterocycles. The van der Waals surface area contributed by atoms with Crippen LogP contribution in [-0.2, 0) is 14.8 Å². The first-order valence-corrected chi connectivity index (χ1v) is 12.7. The summed E-state index contributed by atoms with van der Waals surface area (Å²) < 4.78 is 44.4. The Hall–Kier alpha value is -2.62. The zero-order valence-electron chi connectivity index (χ0n) is 19.0. The maximum atomic E-state index is 13.1. The lowest BCUT2D eigenvalue weighted by Crippen LogP contribution is -2.40. The first-order valence-electron chi connectivity index (χ1n) is 11.2. The Bertz CT molecular complexity index is 1110. The second-order valence-corrected chi connectivity index (χ2v) is 10.2. The number of anilines is 1. The minimum absolute atomic E-state index is 0.136. The lowest BCUT2D eigenvalue weighted by Gasteiger charge is -2.26. The number of ether oxygens (including phenoxy) is 3. The third-order valence-corrected chi connectivity index (χ3v) is 8.10. The third-order valence-electron chi connectivity index (χ3n) is 6.06. The summed E-state index contributed by atoms with van der Waals surface area (Å²) in [6.45, 7) is 3.05. The second-order valence-electron chi connectivity index (χ2n) is 8.34. The number of nitrogens with zero attached hydrogens (tertiary/aromatic N) is 1. The molecule has 0 radical (unpaired) electrons. The van der Waals surface area contributed by atoms with Gasteiger partial charge >= 0.3 is 0 Å². The van der Waals surface area contributed by atoms with Crippen LogP contribution in [0.2, 0.25) is 0 Å². The summed E-state index contributed by atoms with van der Waals surface area (Å²) >= 11 is 0. The average Bonchev–Trinajstić information content (AvgIpc) is 3.33. The van der Waals surface area contributed by atoms with Crippen molar-refractivity contribution in [1.29, 1.82) is 0 Å². The van der Waals surface area contributed by atoms with E-state index in [1.54, 1.807) is 44.4 Å². The van der Waals surface area contributed by atoms with Gasteiger partial charge in [-0.1, -0.05) is 6.07 Å². The van der Waals surface area contributed by atoms with E-state index in [1.807, 2.05) is 0 Å². The zero-order valence-corrected chi connectivity index (χ0v) is 19.8. The van der Waals surface area contributed by atoms with E-state index >= 15 is 0 Å². The molecule has 4 rings (SSSR count). The quantitative estimate of drug-likeness (QED) is 0.659. The van der Waals surface area contributed by atoms with Crippen molar-refractivity contribution in [2.45, 2.75) is 43.6 Å². The molecule has 2 aromatic rings. The lowest BCUT2D eigenvalue weighted by atomic mass is 10.1. The molecule has 1 heterocycles. The summed E-state index contributed by atoms with van der Waals surface area (Å²) in [6.07, 6.45) is 4.45. The number of hydrogen-bond acceptors (Lipinski definition) is 6. The highest BCUT2D eigenvalue weighted by atomic mass is 32.2. The highest BCUT2D eigenvalue weighted by molar-refractivity contribution is 7.89. The van der Waals surface area contributed by atoms with Crippen LogP contribution in [0.25, 0.3) is 0 Å². The molecule has 1 aliphatic heterocycles. The second kappa shape index (κ2) is 10.1. The average molecular weight is 475 g/mol. The zero-order chi connectivity index (χ0) is 23.4. The fraction of sp³-hybridized carbons (Fsp3) is 0.458. The molecule has 9 heteroatoms. The molecule has 0 unspecified atom stereocenters. The number of methoxy groups -OCH3 is 1. The summed E-state index contributed by atoms with van der Waals surface area (Å²) in [4.78, 5) is 13.1. The molecule has 2 aliphatic rings. The molecule has 0 spiro atoms. The molecular weight excluding hydrogens is 444 g/mol. The highest BCUT2D eigenvalue weighted by Crippen LogP contribution is 2.34. The fourth-order valence-electron chi connectivity index (χ4n) is 4.18. The molecule has 1 saturated heterocycles. The Labute approximate surface area is 194 Å². The summed E-state index contributed by atoms with van der Waals surface area (Å²) in [7, 11) is -2.13. The van der Waals surface area contributed by atoms with Gasteiger partial charge in [0.2, 0.25) is 10.0 Å². The molecule has 0 atom stereocenters. The Morgan fingerprint density at radius 3 is 2.48 bits per heavy atom. The molecule has 1 N–H and O–H groups in total. The SMILES string of the molecule is COc1ccc(NC(=O)c2ccc(C)c(S(=O)(=O)N3CCOCC3)c2)cc1OC1CCCC1. The number of carbonyl (C=O) groups excluding carboxylic acids is 1. The fourth-order valence-corrected chi connectivity index (χ4v) is 5.84. The Kier molecular flexibility index (Phi) is 7.21. The highest BCUT2D eigenvalue weighted by Gasteiger charge is 2.28. The van der Waals surface area contributed by atoms with Crippen LogP contribution in [0.1, 0.15) is 41.6 Å². The van der Waals surface area contributed by atoms with Crippen LogP contribution < -0.4 is 14.8 Å². The number of hydrogen-bond donors (Lipinski definition) is 1. The monoisotopic (exact) mass is 474 g/mol. The van der Waals surface area contributed by atoms with Gasteiger partial charge in [0, 0.05) is 30.4 Å². The van der Waals surface area contributed by atoms with Crippen LogP contribution in [0, 0.1) is 6.92 Å². The molecule has 1 amide bonds. The smallest absolute Gasteiger partial charge is 0.255 e. The molecular formula is C24H30N2O6S. The predicted molar refractivity (Wildman–Crippen MR) is 125 cm³/mol. The van der Waals surface area contributed by atoms with Crippen molar-refractivity contribution < 1.29 is 27.4 Å². The van der Waals surface area contributed by atoms with Crippen LogP contribution in [0.3, 0.4) is 0 Å². The van der Waals surface area contributed by atoms with Crippen molar-refractivity contribution in [3.8, 4) is 11.5 Å². The minimum Gasteiger partial charge on any atom is -0.493 e. The van der Waals surface area contributed by atoms with Gasteiger partial charge < -0.3 is 19.5 Å². The Morgan fingerprint density at radius 1 is 1.06 bits per heavy atom. The van der Waals surface area contributed by atoms with Crippen LogP contribution >= 0.6 is 0 Å². The van der Waals surface area contributed by atoms with E-state index in [0.717, 1.165) is 25.7 Å². The van der Waals surface area contributed by atoms with E-state index in [2.05, 4.69) is 5.32 Å². The number of sulfonamides is 1. The van der Waals surface area contributed by atoms with Crippen molar-refractivity contribution in [3.05, 3.63) is 47.5 Å². The number of rotatable bonds is 7. The summed E-state index contributed by atoms with van der Waals surface area (Å²) in [5, 5.41) is 2.85. The van der Waals surface area contributed by atoms with E-state index in [-0.39, 0.29) is 16.6 Å². The van der Waals surface area contributed by atoms with E-state index < -0.39 is 15.9 Å². The van der Waals surface area contributed by atoms with Crippen molar-refractivity contribution in [2.75, 3.05) is 38.7 Å². The number of morpholine rings is 1. The van der Waals surface area contributed by atoms with Gasteiger partial charge in [0.25, 0.3) is 5.91 Å². The van der Waals surface area contributed by atoms with Crippen LogP contribution in [0.15, 0.2) is 41.3 Å². The number of amides is 1. The van der Waals surface area contributed by atoms with Crippen LogP contribution in [-0.4, -0.2) is 58.1 Å². The number of aryl methyl sites for hydroxylation is 1. The summed E-state index contributed by atoms with van der Waals surface area (Å²) in [5.74, 6) is 0.793. The molecule has 8 nitrogen and oxygen atoms in total. The first-order chi connectivity index (χ1) is 15.9. The van der Waals surface area contributed by atoms with Crippen molar-refractivity contribution in [2.24, 2.45) is 0 Å². The molecule has 2 fully saturated rings. The minimum atomic E-state index is -3.71. The van der Waals surface area contributed by atoms with Crippen LogP contribution in [0.5, 0.6) is 11.5 Å². The van der Waals surface area contributed by atoms with Crippen LogP contribution in [0.4, 0.5) is 5.69 Å². The van der Waals surface area contributed by atoms with E-state index in [9.17, 15) is 13.2 Å². The molecule has 33 heavy (non-hydrogen) atoms. The lowest BCUT2D eigenvalue weighted by molar-refractivity contribution is 0.0730. The van der Waals surface area contributed by atoms with E-state index in [4.69, 9.17) is 14.2 Å². The maximum absolute atomic E-state index is 13.1. The summed E-state index contributed by atoms with van der Waals surface area (Å²) in [6, 6.07) is 9.96.